The Hall–Kier alpha value is -3.26. The van der Waals surface area contributed by atoms with E-state index in [4.69, 9.17) is 9.15 Å². The van der Waals surface area contributed by atoms with Crippen molar-refractivity contribution in [3.63, 3.8) is 0 Å². The molecule has 1 atom stereocenters. The molecule has 1 unspecified atom stereocenters. The van der Waals surface area contributed by atoms with Crippen molar-refractivity contribution in [3.05, 3.63) is 89.2 Å². The number of ether oxygens (including phenoxy) is 1. The lowest BCUT2D eigenvalue weighted by Gasteiger charge is -2.15. The highest BCUT2D eigenvalue weighted by Crippen LogP contribution is 2.47. The van der Waals surface area contributed by atoms with Gasteiger partial charge in [0.15, 0.2) is 0 Å². The summed E-state index contributed by atoms with van der Waals surface area (Å²) >= 11 is 0. The summed E-state index contributed by atoms with van der Waals surface area (Å²) in [5.41, 5.74) is 8.05. The monoisotopic (exact) mass is 364 g/mol. The summed E-state index contributed by atoms with van der Waals surface area (Å²) in [5.74, 6) is 2.46. The van der Waals surface area contributed by atoms with Crippen molar-refractivity contribution in [2.45, 2.75) is 26.2 Å². The van der Waals surface area contributed by atoms with E-state index in [1.807, 2.05) is 0 Å². The summed E-state index contributed by atoms with van der Waals surface area (Å²) in [6, 6.07) is 19.4. The molecule has 1 aromatic heterocycles. The predicted octanol–water partition coefficient (Wildman–Crippen LogP) is 7.27. The molecule has 0 saturated carbocycles. The summed E-state index contributed by atoms with van der Waals surface area (Å²) in [7, 11) is 0. The molecule has 2 heterocycles. The molecule has 2 heteroatoms. The molecule has 136 valence electrons. The number of aryl methyl sites for hydroxylation is 1. The fourth-order valence-electron chi connectivity index (χ4n) is 4.60. The van der Waals surface area contributed by atoms with Crippen LogP contribution in [0.15, 0.2) is 82.5 Å². The van der Waals surface area contributed by atoms with Crippen molar-refractivity contribution in [3.8, 4) is 16.9 Å². The van der Waals surface area contributed by atoms with E-state index in [1.165, 1.54) is 38.6 Å². The lowest BCUT2D eigenvalue weighted by Crippen LogP contribution is -2.03. The topological polar surface area (TPSA) is 22.4 Å². The molecule has 1 aliphatic carbocycles. The Bertz CT molecular complexity index is 1330. The fraction of sp³-hybridized carbons (Fsp3) is 0.154. The second-order valence-corrected chi connectivity index (χ2v) is 7.86. The van der Waals surface area contributed by atoms with Gasteiger partial charge < -0.3 is 9.15 Å². The molecule has 0 amide bonds. The van der Waals surface area contributed by atoms with Crippen molar-refractivity contribution in [1.82, 2.24) is 0 Å². The number of hydrogen-bond donors (Lipinski definition) is 0. The molecule has 1 aliphatic heterocycles. The SMILES string of the molecule is CC1=C2Oc3ccc(-c4ccc5oc6c(C)cccc6c5c4)cc3C2CC=C1. The Morgan fingerprint density at radius 2 is 1.75 bits per heavy atom. The standard InChI is InChI=1S/C26H20O2/c1-15-5-3-7-19-21-13-17(9-11-23(21)27-25(15)19)18-10-12-24-22(14-18)20-8-4-6-16(2)26(20)28-24/h3-7,9-14,20H,8H2,1-2H3. The Morgan fingerprint density at radius 3 is 2.68 bits per heavy atom. The van der Waals surface area contributed by atoms with E-state index < -0.39 is 0 Å². The van der Waals surface area contributed by atoms with E-state index in [0.29, 0.717) is 5.92 Å². The van der Waals surface area contributed by atoms with Crippen LogP contribution in [-0.2, 0) is 0 Å². The van der Waals surface area contributed by atoms with Crippen LogP contribution < -0.4 is 4.74 Å². The van der Waals surface area contributed by atoms with E-state index >= 15 is 0 Å². The van der Waals surface area contributed by atoms with Crippen molar-refractivity contribution < 1.29 is 9.15 Å². The second-order valence-electron chi connectivity index (χ2n) is 7.86. The average molecular weight is 364 g/mol. The van der Waals surface area contributed by atoms with Crippen LogP contribution in [0.25, 0.3) is 33.1 Å². The highest BCUT2D eigenvalue weighted by atomic mass is 16.5. The van der Waals surface area contributed by atoms with Gasteiger partial charge >= 0.3 is 0 Å². The van der Waals surface area contributed by atoms with Crippen LogP contribution in [0.3, 0.4) is 0 Å². The molecule has 0 radical (unpaired) electrons. The summed E-state index contributed by atoms with van der Waals surface area (Å²) < 4.78 is 12.3. The first-order valence-electron chi connectivity index (χ1n) is 9.80. The zero-order chi connectivity index (χ0) is 18.8. The number of allylic oxidation sites excluding steroid dienone is 4. The largest absolute Gasteiger partial charge is 0.460 e. The molecule has 2 aliphatic rings. The first-order chi connectivity index (χ1) is 13.7. The number of hydrogen-bond acceptors (Lipinski definition) is 2. The maximum absolute atomic E-state index is 6.16. The van der Waals surface area contributed by atoms with Crippen LogP contribution in [0.5, 0.6) is 5.75 Å². The minimum absolute atomic E-state index is 0.348. The Morgan fingerprint density at radius 1 is 0.893 bits per heavy atom. The molecule has 0 bridgehead atoms. The van der Waals surface area contributed by atoms with Crippen LogP contribution in [0.2, 0.25) is 0 Å². The van der Waals surface area contributed by atoms with Crippen LogP contribution in [-0.4, -0.2) is 0 Å². The van der Waals surface area contributed by atoms with E-state index in [9.17, 15) is 0 Å². The number of rotatable bonds is 1. The third-order valence-electron chi connectivity index (χ3n) is 6.08. The van der Waals surface area contributed by atoms with Crippen molar-refractivity contribution in [2.24, 2.45) is 0 Å². The van der Waals surface area contributed by atoms with Gasteiger partial charge in [-0.1, -0.05) is 42.5 Å². The summed E-state index contributed by atoms with van der Waals surface area (Å²) in [6.07, 6.45) is 5.42. The van der Waals surface area contributed by atoms with Crippen molar-refractivity contribution in [2.75, 3.05) is 0 Å². The maximum atomic E-state index is 6.16. The van der Waals surface area contributed by atoms with Gasteiger partial charge in [-0.05, 0) is 66.8 Å². The van der Waals surface area contributed by atoms with Gasteiger partial charge in [0.05, 0.1) is 0 Å². The lowest BCUT2D eigenvalue weighted by molar-refractivity contribution is 0.419. The Labute approximate surface area is 163 Å². The van der Waals surface area contributed by atoms with E-state index in [2.05, 4.69) is 80.6 Å². The summed E-state index contributed by atoms with van der Waals surface area (Å²) in [6.45, 7) is 4.22. The zero-order valence-electron chi connectivity index (χ0n) is 16.0. The quantitative estimate of drug-likeness (QED) is 0.354. The van der Waals surface area contributed by atoms with Crippen LogP contribution in [0.4, 0.5) is 0 Å². The number of furan rings is 1. The Kier molecular flexibility index (Phi) is 3.16. The number of fused-ring (bicyclic) bond motifs is 6. The molecule has 0 N–H and O–H groups in total. The van der Waals surface area contributed by atoms with Crippen LogP contribution in [0.1, 0.15) is 30.4 Å². The van der Waals surface area contributed by atoms with Gasteiger partial charge in [0.1, 0.15) is 22.7 Å². The van der Waals surface area contributed by atoms with Gasteiger partial charge in [-0.3, -0.25) is 0 Å². The van der Waals surface area contributed by atoms with Crippen molar-refractivity contribution >= 4 is 21.9 Å². The van der Waals surface area contributed by atoms with E-state index in [-0.39, 0.29) is 0 Å². The summed E-state index contributed by atoms with van der Waals surface area (Å²) in [4.78, 5) is 0. The highest BCUT2D eigenvalue weighted by Gasteiger charge is 2.31. The number of para-hydroxylation sites is 1. The van der Waals surface area contributed by atoms with Gasteiger partial charge in [-0.15, -0.1) is 0 Å². The molecule has 0 fully saturated rings. The van der Waals surface area contributed by atoms with Crippen LogP contribution in [0, 0.1) is 6.92 Å². The summed E-state index contributed by atoms with van der Waals surface area (Å²) in [5, 5.41) is 2.35. The molecular weight excluding hydrogens is 344 g/mol. The van der Waals surface area contributed by atoms with Gasteiger partial charge in [-0.2, -0.15) is 0 Å². The van der Waals surface area contributed by atoms with Crippen LogP contribution >= 0.6 is 0 Å². The molecule has 3 aromatic carbocycles. The smallest absolute Gasteiger partial charge is 0.138 e. The van der Waals surface area contributed by atoms with Gasteiger partial charge in [0.25, 0.3) is 0 Å². The zero-order valence-corrected chi connectivity index (χ0v) is 16.0. The molecule has 4 aromatic rings. The fourth-order valence-corrected chi connectivity index (χ4v) is 4.60. The first kappa shape index (κ1) is 15.8. The molecular formula is C26H20O2. The second kappa shape index (κ2) is 5.62. The average Bonchev–Trinajstić information content (AvgIpc) is 3.27. The minimum atomic E-state index is 0.348. The molecule has 2 nitrogen and oxygen atoms in total. The maximum Gasteiger partial charge on any atom is 0.138 e. The Balaban J connectivity index is 1.50. The van der Waals surface area contributed by atoms with E-state index in [0.717, 1.165) is 29.1 Å². The molecule has 28 heavy (non-hydrogen) atoms. The predicted molar refractivity (Wildman–Crippen MR) is 114 cm³/mol. The molecule has 6 rings (SSSR count). The normalized spacial score (nSPS) is 17.9. The molecule has 0 spiro atoms. The highest BCUT2D eigenvalue weighted by molar-refractivity contribution is 6.07. The third-order valence-corrected chi connectivity index (χ3v) is 6.08. The molecule has 0 saturated heterocycles. The number of benzene rings is 3. The van der Waals surface area contributed by atoms with E-state index in [1.54, 1.807) is 0 Å². The van der Waals surface area contributed by atoms with Gasteiger partial charge in [0, 0.05) is 22.3 Å². The third kappa shape index (κ3) is 2.15. The van der Waals surface area contributed by atoms with Gasteiger partial charge in [0.2, 0.25) is 0 Å². The van der Waals surface area contributed by atoms with Gasteiger partial charge in [-0.25, -0.2) is 0 Å². The lowest BCUT2D eigenvalue weighted by atomic mass is 9.88. The van der Waals surface area contributed by atoms with Crippen molar-refractivity contribution in [1.29, 1.82) is 0 Å². The minimum Gasteiger partial charge on any atom is -0.460 e. The first-order valence-corrected chi connectivity index (χ1v) is 9.80.